The van der Waals surface area contributed by atoms with Crippen molar-refractivity contribution >= 4 is 29.5 Å². The second-order valence-corrected chi connectivity index (χ2v) is 14.6. The van der Waals surface area contributed by atoms with Gasteiger partial charge in [-0.1, -0.05) is 54.1 Å². The number of fused-ring (bicyclic) bond motifs is 5. The molecule has 1 aliphatic rings. The Bertz CT molecular complexity index is 2240. The smallest absolute Gasteiger partial charge is 0.251 e. The summed E-state index contributed by atoms with van der Waals surface area (Å²) in [6, 6.07) is 22.2. The van der Waals surface area contributed by atoms with Gasteiger partial charge in [-0.15, -0.1) is 0 Å². The first-order valence-corrected chi connectivity index (χ1v) is 20.0. The number of nitrogens with zero attached hydrogens (tertiary/aromatic N) is 2. The average Bonchev–Trinajstić information content (AvgIpc) is 3.26. The molecule has 5 rings (SSSR count). The second-order valence-electron chi connectivity index (χ2n) is 14.6. The van der Waals surface area contributed by atoms with E-state index in [-0.39, 0.29) is 52.2 Å². The number of benzene rings is 4. The zero-order chi connectivity index (χ0) is 44.1. The normalized spacial score (nSPS) is 16.7. The van der Waals surface area contributed by atoms with Gasteiger partial charge in [-0.05, 0) is 85.5 Å². The van der Waals surface area contributed by atoms with E-state index in [0.717, 1.165) is 16.7 Å². The predicted molar refractivity (Wildman–Crippen MR) is 230 cm³/mol. The van der Waals surface area contributed by atoms with E-state index in [1.807, 2.05) is 49.4 Å². The van der Waals surface area contributed by atoms with Gasteiger partial charge in [0.05, 0.1) is 6.07 Å². The van der Waals surface area contributed by atoms with Crippen molar-refractivity contribution in [2.75, 3.05) is 46.4 Å². The molecule has 0 saturated carbocycles. The first kappa shape index (κ1) is 45.3. The van der Waals surface area contributed by atoms with Gasteiger partial charge in [-0.25, -0.2) is 0 Å². The van der Waals surface area contributed by atoms with E-state index in [2.05, 4.69) is 21.3 Å². The van der Waals surface area contributed by atoms with E-state index in [9.17, 15) is 24.0 Å². The molecule has 0 aromatic heterocycles. The highest BCUT2D eigenvalue weighted by molar-refractivity contribution is 5.99. The van der Waals surface area contributed by atoms with Crippen LogP contribution < -0.4 is 47.9 Å². The van der Waals surface area contributed by atoms with Crippen LogP contribution in [0.4, 0.5) is 0 Å². The van der Waals surface area contributed by atoms with Crippen LogP contribution in [-0.4, -0.2) is 99.0 Å². The minimum absolute atomic E-state index is 0.0114. The molecule has 0 fully saturated rings. The van der Waals surface area contributed by atoms with Gasteiger partial charge in [-0.2, -0.15) is 5.26 Å². The summed E-state index contributed by atoms with van der Waals surface area (Å²) in [6.45, 7) is 3.90. The number of carbonyl (C=O) groups excluding carboxylic acids is 5. The quantitative estimate of drug-likeness (QED) is 0.0851. The van der Waals surface area contributed by atoms with Crippen LogP contribution in [-0.2, 0) is 25.6 Å². The maximum absolute atomic E-state index is 14.5. The Morgan fingerprint density at radius 3 is 2.05 bits per heavy atom. The molecular formula is C45H53N9O7. The lowest BCUT2D eigenvalue weighted by molar-refractivity contribution is -0.141. The minimum Gasteiger partial charge on any atom is -0.492 e. The fourth-order valence-electron chi connectivity index (χ4n) is 6.93. The second kappa shape index (κ2) is 21.5. The van der Waals surface area contributed by atoms with Crippen molar-refractivity contribution in [1.29, 1.82) is 5.26 Å². The summed E-state index contributed by atoms with van der Waals surface area (Å²) in [5.41, 5.74) is 22.9. The highest BCUT2D eigenvalue weighted by Gasteiger charge is 2.36. The molecule has 4 aromatic carbocycles. The largest absolute Gasteiger partial charge is 0.492 e. The van der Waals surface area contributed by atoms with Crippen molar-refractivity contribution < 1.29 is 33.4 Å². The maximum atomic E-state index is 14.5. The number of hydrogen-bond donors (Lipinski definition) is 7. The van der Waals surface area contributed by atoms with E-state index in [1.165, 1.54) is 18.9 Å². The molecule has 4 bridgehead atoms. The molecule has 0 saturated heterocycles. The molecule has 1 aliphatic heterocycles. The third-order valence-corrected chi connectivity index (χ3v) is 10.1. The lowest BCUT2D eigenvalue weighted by Gasteiger charge is -2.32. The number of rotatable bonds is 15. The Kier molecular flexibility index (Phi) is 15.9. The summed E-state index contributed by atoms with van der Waals surface area (Å²) in [5.74, 6) is -2.39. The molecule has 1 heterocycles. The van der Waals surface area contributed by atoms with Crippen molar-refractivity contribution in [2.24, 2.45) is 17.2 Å². The Balaban J connectivity index is 1.57. The highest BCUT2D eigenvalue weighted by atomic mass is 16.5. The molecule has 16 heteroatoms. The molecule has 320 valence electrons. The standard InChI is InChI=1S/C45H53N9O7/c1-27-4-7-30(8-5-27)31-9-11-32(12-10-31)42(56)52-36(16-17-46)45(59)54(3)40-33-13-15-39(61-23-20-49)35(26-33)34-24-29(6-14-38(34)60-22-19-48)25-37(43(57)50-21-18-47)53-41(55)28(2)51-44(40)58/h4-15,24,26,28,36-37,40H,16-17,19-23,25,46,48-49H2,1-3H3,(H,50,57)(H,51,58)(H,52,56)(H,53,55)/t28-,36-,37-,40-/m0/s1. The fraction of sp³-hybridized carbons (Fsp3) is 0.333. The average molecular weight is 832 g/mol. The Labute approximate surface area is 355 Å². The van der Waals surface area contributed by atoms with Gasteiger partial charge in [0.2, 0.25) is 23.6 Å². The number of carbonyl (C=O) groups is 5. The molecule has 5 amide bonds. The van der Waals surface area contributed by atoms with Crippen molar-refractivity contribution in [1.82, 2.24) is 26.2 Å². The molecule has 0 radical (unpaired) electrons. The van der Waals surface area contributed by atoms with Crippen LogP contribution in [0.1, 0.15) is 46.4 Å². The Hall–Kier alpha value is -6.80. The van der Waals surface area contributed by atoms with Crippen LogP contribution in [0.15, 0.2) is 84.9 Å². The monoisotopic (exact) mass is 831 g/mol. The minimum atomic E-state index is -1.37. The maximum Gasteiger partial charge on any atom is 0.251 e. The number of likely N-dealkylation sites (N-methyl/N-ethyl adjacent to an activating group) is 1. The SMILES string of the molecule is Cc1ccc(-c2ccc(C(=O)N[C@@H](CCN)C(=O)N(C)[C@@H]3C(=O)N[C@@H](C)C(=O)N[C@H](C(=O)NCC#N)Cc4ccc(OCCN)c(c4)-c4cc3ccc4OCCN)cc2)cc1. The zero-order valence-electron chi connectivity index (χ0n) is 34.5. The number of aryl methyl sites for hydroxylation is 1. The van der Waals surface area contributed by atoms with Gasteiger partial charge in [0.1, 0.15) is 55.4 Å². The Morgan fingerprint density at radius 1 is 0.836 bits per heavy atom. The van der Waals surface area contributed by atoms with Crippen LogP contribution in [0.5, 0.6) is 11.5 Å². The summed E-state index contributed by atoms with van der Waals surface area (Å²) < 4.78 is 12.2. The molecular weight excluding hydrogens is 779 g/mol. The van der Waals surface area contributed by atoms with E-state index < -0.39 is 53.7 Å². The van der Waals surface area contributed by atoms with Gasteiger partial charge in [0, 0.05) is 43.2 Å². The van der Waals surface area contributed by atoms with E-state index >= 15 is 0 Å². The zero-order valence-corrected chi connectivity index (χ0v) is 34.5. The molecule has 4 aromatic rings. The topological polar surface area (TPSA) is 257 Å². The number of nitrogens with one attached hydrogen (secondary N) is 4. The number of amides is 5. The van der Waals surface area contributed by atoms with Crippen LogP contribution in [0.2, 0.25) is 0 Å². The van der Waals surface area contributed by atoms with Crippen molar-refractivity contribution in [2.45, 2.75) is 50.9 Å². The number of hydrogen-bond acceptors (Lipinski definition) is 11. The molecule has 0 spiro atoms. The Morgan fingerprint density at radius 2 is 1.44 bits per heavy atom. The lowest BCUT2D eigenvalue weighted by Crippen LogP contribution is -2.56. The van der Waals surface area contributed by atoms with Gasteiger partial charge >= 0.3 is 0 Å². The third kappa shape index (κ3) is 11.5. The van der Waals surface area contributed by atoms with Crippen molar-refractivity contribution in [3.63, 3.8) is 0 Å². The molecule has 16 nitrogen and oxygen atoms in total. The van der Waals surface area contributed by atoms with Crippen molar-refractivity contribution in [3.8, 4) is 39.8 Å². The van der Waals surface area contributed by atoms with Gasteiger partial charge < -0.3 is 52.8 Å². The molecule has 0 unspecified atom stereocenters. The summed E-state index contributed by atoms with van der Waals surface area (Å²) in [5, 5.41) is 19.9. The van der Waals surface area contributed by atoms with Gasteiger partial charge in [-0.3, -0.25) is 24.0 Å². The van der Waals surface area contributed by atoms with Crippen LogP contribution in [0.25, 0.3) is 22.3 Å². The summed E-state index contributed by atoms with van der Waals surface area (Å²) in [7, 11) is 1.43. The molecule has 0 aliphatic carbocycles. The van der Waals surface area contributed by atoms with Crippen LogP contribution in [0, 0.1) is 18.3 Å². The summed E-state index contributed by atoms with van der Waals surface area (Å²) >= 11 is 0. The van der Waals surface area contributed by atoms with Gasteiger partial charge in [0.15, 0.2) is 0 Å². The highest BCUT2D eigenvalue weighted by Crippen LogP contribution is 2.40. The number of nitriles is 1. The summed E-state index contributed by atoms with van der Waals surface area (Å²) in [4.78, 5) is 70.8. The molecule has 4 atom stereocenters. The van der Waals surface area contributed by atoms with E-state index in [1.54, 1.807) is 48.5 Å². The molecule has 61 heavy (non-hydrogen) atoms. The predicted octanol–water partition coefficient (Wildman–Crippen LogP) is 1.84. The van der Waals surface area contributed by atoms with E-state index in [4.69, 9.17) is 31.9 Å². The van der Waals surface area contributed by atoms with Gasteiger partial charge in [0.25, 0.3) is 5.91 Å². The number of ether oxygens (including phenoxy) is 2. The first-order valence-electron chi connectivity index (χ1n) is 20.0. The first-order chi connectivity index (χ1) is 29.4. The number of nitrogens with two attached hydrogens (primary N) is 3. The van der Waals surface area contributed by atoms with E-state index in [0.29, 0.717) is 39.3 Å². The molecule has 10 N–H and O–H groups in total. The lowest BCUT2D eigenvalue weighted by atomic mass is 9.93. The fourth-order valence-corrected chi connectivity index (χ4v) is 6.93. The third-order valence-electron chi connectivity index (χ3n) is 10.1. The van der Waals surface area contributed by atoms with Crippen molar-refractivity contribution in [3.05, 3.63) is 107 Å². The van der Waals surface area contributed by atoms with Crippen LogP contribution in [0.3, 0.4) is 0 Å². The summed E-state index contributed by atoms with van der Waals surface area (Å²) in [6.07, 6.45) is 0.0576. The van der Waals surface area contributed by atoms with Crippen LogP contribution >= 0.6 is 0 Å².